The van der Waals surface area contributed by atoms with E-state index < -0.39 is 23.8 Å². The molecule has 0 bridgehead atoms. The van der Waals surface area contributed by atoms with E-state index in [4.69, 9.17) is 4.74 Å². The number of nitrogens with zero attached hydrogens (tertiary/aromatic N) is 1. The van der Waals surface area contributed by atoms with E-state index in [1.807, 2.05) is 0 Å². The summed E-state index contributed by atoms with van der Waals surface area (Å²) in [7, 11) is 0. The van der Waals surface area contributed by atoms with Gasteiger partial charge in [-0.15, -0.1) is 0 Å². The number of anilines is 1. The monoisotopic (exact) mass is 352 g/mol. The van der Waals surface area contributed by atoms with Crippen molar-refractivity contribution < 1.29 is 18.7 Å². The number of hydrogen-bond acceptors (Lipinski definition) is 5. The summed E-state index contributed by atoms with van der Waals surface area (Å²) in [5.74, 6) is -1.50. The quantitative estimate of drug-likeness (QED) is 0.810. The van der Waals surface area contributed by atoms with Gasteiger partial charge in [0.15, 0.2) is 6.10 Å². The lowest BCUT2D eigenvalue weighted by atomic mass is 10.3. The number of amides is 1. The van der Waals surface area contributed by atoms with Gasteiger partial charge in [-0.3, -0.25) is 14.4 Å². The number of carbonyl (C=O) groups is 2. The van der Waals surface area contributed by atoms with Crippen molar-refractivity contribution in [2.45, 2.75) is 32.9 Å². The van der Waals surface area contributed by atoms with Crippen molar-refractivity contribution in [2.24, 2.45) is 0 Å². The number of halogens is 1. The van der Waals surface area contributed by atoms with Crippen LogP contribution < -0.4 is 10.2 Å². The summed E-state index contributed by atoms with van der Waals surface area (Å²) in [5, 5.41) is 4.24. The third kappa shape index (κ3) is 4.76. The lowest BCUT2D eigenvalue weighted by Crippen LogP contribution is -2.30. The Balaban J connectivity index is 1.83. The number of carbonyl (C=O) groups excluding carboxylic acids is 2. The van der Waals surface area contributed by atoms with Crippen LogP contribution in [0.2, 0.25) is 0 Å². The standard InChI is InChI=1S/C16H17FN2O4S/c1-10-9-24-16(22)19(10)8-7-14(20)23-11(2)15(21)18-13-5-3-12(17)4-6-13/h3-6,9,11H,7-8H2,1-2H3,(H,18,21)/t11-/m1/s1. The molecule has 0 spiro atoms. The topological polar surface area (TPSA) is 77.4 Å². The minimum Gasteiger partial charge on any atom is -0.452 e. The molecule has 0 unspecified atom stereocenters. The molecule has 24 heavy (non-hydrogen) atoms. The molecule has 0 aliphatic carbocycles. The maximum atomic E-state index is 12.8. The first-order chi connectivity index (χ1) is 11.4. The number of rotatable bonds is 6. The van der Waals surface area contributed by atoms with Crippen LogP contribution in [-0.4, -0.2) is 22.5 Å². The molecule has 0 aliphatic rings. The van der Waals surface area contributed by atoms with Gasteiger partial charge in [0.2, 0.25) is 0 Å². The second-order valence-corrected chi connectivity index (χ2v) is 5.99. The molecule has 2 rings (SSSR count). The summed E-state index contributed by atoms with van der Waals surface area (Å²) in [4.78, 5) is 35.2. The molecular formula is C16H17FN2O4S. The Bertz CT molecular complexity index is 782. The van der Waals surface area contributed by atoms with Crippen LogP contribution in [0.5, 0.6) is 0 Å². The van der Waals surface area contributed by atoms with E-state index in [0.717, 1.165) is 17.0 Å². The normalized spacial score (nSPS) is 11.8. The van der Waals surface area contributed by atoms with Gasteiger partial charge in [-0.25, -0.2) is 4.39 Å². The van der Waals surface area contributed by atoms with Crippen molar-refractivity contribution in [1.29, 1.82) is 0 Å². The number of esters is 1. The average Bonchev–Trinajstić information content (AvgIpc) is 2.86. The van der Waals surface area contributed by atoms with Crippen molar-refractivity contribution in [3.8, 4) is 0 Å². The van der Waals surface area contributed by atoms with Crippen LogP contribution in [0.3, 0.4) is 0 Å². The van der Waals surface area contributed by atoms with Gasteiger partial charge in [0, 0.05) is 23.3 Å². The molecule has 1 aromatic carbocycles. The molecule has 0 saturated heterocycles. The highest BCUT2D eigenvalue weighted by Gasteiger charge is 2.18. The summed E-state index contributed by atoms with van der Waals surface area (Å²) in [6.07, 6.45) is -1.01. The van der Waals surface area contributed by atoms with E-state index in [9.17, 15) is 18.8 Å². The molecular weight excluding hydrogens is 335 g/mol. The smallest absolute Gasteiger partial charge is 0.308 e. The molecule has 8 heteroatoms. The van der Waals surface area contributed by atoms with Crippen LogP contribution in [0.25, 0.3) is 0 Å². The Labute approximate surface area is 141 Å². The second kappa shape index (κ2) is 7.87. The maximum absolute atomic E-state index is 12.8. The number of benzene rings is 1. The number of hydrogen-bond donors (Lipinski definition) is 1. The number of ether oxygens (including phenoxy) is 1. The average molecular weight is 352 g/mol. The van der Waals surface area contributed by atoms with Gasteiger partial charge in [-0.05, 0) is 38.1 Å². The Kier molecular flexibility index (Phi) is 5.86. The zero-order valence-electron chi connectivity index (χ0n) is 13.2. The van der Waals surface area contributed by atoms with Crippen LogP contribution in [0, 0.1) is 12.7 Å². The van der Waals surface area contributed by atoms with Gasteiger partial charge in [0.1, 0.15) is 5.82 Å². The predicted octanol–water partition coefficient (Wildman–Crippen LogP) is 2.32. The molecule has 1 N–H and O–H groups in total. The third-order valence-electron chi connectivity index (χ3n) is 3.31. The van der Waals surface area contributed by atoms with Crippen molar-refractivity contribution in [3.63, 3.8) is 0 Å². The van der Waals surface area contributed by atoms with Crippen molar-refractivity contribution >= 4 is 28.9 Å². The summed E-state index contributed by atoms with van der Waals surface area (Å²) in [6, 6.07) is 5.25. The van der Waals surface area contributed by atoms with Crippen LogP contribution in [0.1, 0.15) is 19.0 Å². The second-order valence-electron chi connectivity index (χ2n) is 5.17. The molecule has 1 heterocycles. The molecule has 2 aromatic rings. The number of aromatic nitrogens is 1. The number of nitrogens with one attached hydrogen (secondary N) is 1. The Morgan fingerprint density at radius 1 is 1.33 bits per heavy atom. The van der Waals surface area contributed by atoms with E-state index in [0.29, 0.717) is 5.69 Å². The van der Waals surface area contributed by atoms with Crippen molar-refractivity contribution in [3.05, 3.63) is 50.8 Å². The number of aryl methyl sites for hydroxylation is 1. The van der Waals surface area contributed by atoms with E-state index in [-0.39, 0.29) is 17.8 Å². The molecule has 0 fully saturated rings. The van der Waals surface area contributed by atoms with Gasteiger partial charge < -0.3 is 14.6 Å². The first-order valence-corrected chi connectivity index (χ1v) is 8.15. The lowest BCUT2D eigenvalue weighted by Gasteiger charge is -2.13. The summed E-state index contributed by atoms with van der Waals surface area (Å²) < 4.78 is 19.3. The summed E-state index contributed by atoms with van der Waals surface area (Å²) in [6.45, 7) is 3.43. The van der Waals surface area contributed by atoms with Crippen molar-refractivity contribution in [2.75, 3.05) is 5.32 Å². The number of thiazole rings is 1. The first-order valence-electron chi connectivity index (χ1n) is 7.27. The molecule has 1 aromatic heterocycles. The summed E-state index contributed by atoms with van der Waals surface area (Å²) >= 11 is 1.07. The fourth-order valence-electron chi connectivity index (χ4n) is 1.96. The minimum absolute atomic E-state index is 0.00829. The lowest BCUT2D eigenvalue weighted by molar-refractivity contribution is -0.153. The van der Waals surface area contributed by atoms with Crippen LogP contribution >= 0.6 is 11.3 Å². The van der Waals surface area contributed by atoms with Gasteiger partial charge in [-0.2, -0.15) is 0 Å². The van der Waals surface area contributed by atoms with Gasteiger partial charge in [-0.1, -0.05) is 11.3 Å². The maximum Gasteiger partial charge on any atom is 0.308 e. The fraction of sp³-hybridized carbons (Fsp3) is 0.312. The highest BCUT2D eigenvalue weighted by Crippen LogP contribution is 2.10. The molecule has 0 saturated carbocycles. The van der Waals surface area contributed by atoms with E-state index in [1.165, 1.54) is 35.8 Å². The first kappa shape index (κ1) is 17.9. The molecule has 0 radical (unpaired) electrons. The third-order valence-corrected chi connectivity index (χ3v) is 4.19. The van der Waals surface area contributed by atoms with Gasteiger partial charge in [0.25, 0.3) is 5.91 Å². The Morgan fingerprint density at radius 2 is 2.00 bits per heavy atom. The zero-order chi connectivity index (χ0) is 17.7. The SMILES string of the molecule is Cc1csc(=O)n1CCC(=O)O[C@H](C)C(=O)Nc1ccc(F)cc1. The fourth-order valence-corrected chi connectivity index (χ4v) is 2.73. The molecule has 1 atom stereocenters. The van der Waals surface area contributed by atoms with Crippen LogP contribution in [0.15, 0.2) is 34.4 Å². The molecule has 6 nitrogen and oxygen atoms in total. The van der Waals surface area contributed by atoms with Crippen molar-refractivity contribution in [1.82, 2.24) is 4.57 Å². The van der Waals surface area contributed by atoms with Crippen LogP contribution in [0.4, 0.5) is 10.1 Å². The highest BCUT2D eigenvalue weighted by molar-refractivity contribution is 7.07. The Morgan fingerprint density at radius 3 is 2.58 bits per heavy atom. The van der Waals surface area contributed by atoms with E-state index in [2.05, 4.69) is 5.32 Å². The Hall–Kier alpha value is -2.48. The van der Waals surface area contributed by atoms with Crippen LogP contribution in [-0.2, 0) is 20.9 Å². The molecule has 128 valence electrons. The zero-order valence-corrected chi connectivity index (χ0v) is 14.1. The van der Waals surface area contributed by atoms with Gasteiger partial charge in [0.05, 0.1) is 6.42 Å². The van der Waals surface area contributed by atoms with E-state index in [1.54, 1.807) is 12.3 Å². The largest absolute Gasteiger partial charge is 0.452 e. The minimum atomic E-state index is -0.997. The summed E-state index contributed by atoms with van der Waals surface area (Å²) in [5.41, 5.74) is 1.18. The molecule has 1 amide bonds. The highest BCUT2D eigenvalue weighted by atomic mass is 32.1. The van der Waals surface area contributed by atoms with Gasteiger partial charge >= 0.3 is 10.8 Å². The molecule has 0 aliphatic heterocycles. The predicted molar refractivity (Wildman–Crippen MR) is 88.5 cm³/mol. The van der Waals surface area contributed by atoms with E-state index >= 15 is 0 Å².